The van der Waals surface area contributed by atoms with Crippen molar-refractivity contribution in [3.8, 4) is 5.75 Å². The molecule has 1 aromatic rings. The first-order chi connectivity index (χ1) is 7.48. The molecule has 4 heteroatoms. The van der Waals surface area contributed by atoms with Crippen LogP contribution in [0, 0.1) is 0 Å². The molecule has 3 nitrogen and oxygen atoms in total. The van der Waals surface area contributed by atoms with Crippen LogP contribution in [0.2, 0.25) is 5.02 Å². The second kappa shape index (κ2) is 5.41. The molecule has 0 spiro atoms. The van der Waals surface area contributed by atoms with Gasteiger partial charge in [-0.15, -0.1) is 0 Å². The van der Waals surface area contributed by atoms with Crippen molar-refractivity contribution in [1.82, 2.24) is 5.32 Å². The van der Waals surface area contributed by atoms with Crippen molar-refractivity contribution in [3.05, 3.63) is 23.2 Å². The minimum atomic E-state index is -0.0628. The van der Waals surface area contributed by atoms with Crippen molar-refractivity contribution in [2.75, 3.05) is 26.0 Å². The van der Waals surface area contributed by atoms with E-state index in [1.807, 2.05) is 25.2 Å². The summed E-state index contributed by atoms with van der Waals surface area (Å²) in [6.07, 6.45) is 0. The van der Waals surface area contributed by atoms with Gasteiger partial charge in [-0.05, 0) is 39.1 Å². The Hall–Kier alpha value is -0.930. The molecule has 0 aliphatic heterocycles. The normalized spacial score (nSPS) is 11.3. The monoisotopic (exact) mass is 242 g/mol. The lowest BCUT2D eigenvalue weighted by atomic mass is 10.1. The molecule has 0 radical (unpaired) electrons. The number of hydrogen-bond donors (Lipinski definition) is 2. The Kier molecular flexibility index (Phi) is 4.44. The first kappa shape index (κ1) is 13.1. The largest absolute Gasteiger partial charge is 0.495 e. The molecule has 16 heavy (non-hydrogen) atoms. The number of likely N-dealkylation sites (N-methyl/N-ethyl adjacent to an activating group) is 1. The van der Waals surface area contributed by atoms with Gasteiger partial charge in [0.25, 0.3) is 0 Å². The SMILES string of the molecule is CNCC(C)(C)Nc1cc(Cl)ccc1OC. The summed E-state index contributed by atoms with van der Waals surface area (Å²) in [5.74, 6) is 0.800. The lowest BCUT2D eigenvalue weighted by Crippen LogP contribution is -2.40. The van der Waals surface area contributed by atoms with Crippen LogP contribution in [0.25, 0.3) is 0 Å². The highest BCUT2D eigenvalue weighted by Crippen LogP contribution is 2.29. The molecular formula is C12H19ClN2O. The molecule has 0 fully saturated rings. The number of hydrogen-bond acceptors (Lipinski definition) is 3. The maximum Gasteiger partial charge on any atom is 0.142 e. The molecule has 0 aromatic heterocycles. The summed E-state index contributed by atoms with van der Waals surface area (Å²) in [4.78, 5) is 0. The topological polar surface area (TPSA) is 33.3 Å². The number of anilines is 1. The van der Waals surface area contributed by atoms with Gasteiger partial charge in [-0.25, -0.2) is 0 Å². The third kappa shape index (κ3) is 3.58. The van der Waals surface area contributed by atoms with Crippen LogP contribution in [0.1, 0.15) is 13.8 Å². The molecule has 0 saturated heterocycles. The molecule has 1 aromatic carbocycles. The van der Waals surface area contributed by atoms with Gasteiger partial charge >= 0.3 is 0 Å². The van der Waals surface area contributed by atoms with Crippen molar-refractivity contribution in [3.63, 3.8) is 0 Å². The first-order valence-corrected chi connectivity index (χ1v) is 5.62. The lowest BCUT2D eigenvalue weighted by molar-refractivity contribution is 0.414. The second-order valence-electron chi connectivity index (χ2n) is 4.38. The Morgan fingerprint density at radius 2 is 2.06 bits per heavy atom. The zero-order valence-electron chi connectivity index (χ0n) is 10.2. The van der Waals surface area contributed by atoms with Crippen molar-refractivity contribution >= 4 is 17.3 Å². The Morgan fingerprint density at radius 3 is 2.62 bits per heavy atom. The molecule has 0 unspecified atom stereocenters. The summed E-state index contributed by atoms with van der Waals surface area (Å²) in [5.41, 5.74) is 0.849. The summed E-state index contributed by atoms with van der Waals surface area (Å²) in [5, 5.41) is 7.25. The molecule has 2 N–H and O–H groups in total. The number of ether oxygens (including phenoxy) is 1. The lowest BCUT2D eigenvalue weighted by Gasteiger charge is -2.28. The molecule has 0 heterocycles. The van der Waals surface area contributed by atoms with Crippen LogP contribution in [0.3, 0.4) is 0 Å². The van der Waals surface area contributed by atoms with E-state index in [1.165, 1.54) is 0 Å². The summed E-state index contributed by atoms with van der Waals surface area (Å²) in [6, 6.07) is 5.55. The van der Waals surface area contributed by atoms with E-state index in [4.69, 9.17) is 16.3 Å². The number of methoxy groups -OCH3 is 1. The van der Waals surface area contributed by atoms with Crippen LogP contribution in [0.5, 0.6) is 5.75 Å². The highest BCUT2D eigenvalue weighted by atomic mass is 35.5. The van der Waals surface area contributed by atoms with E-state index >= 15 is 0 Å². The van der Waals surface area contributed by atoms with Crippen molar-refractivity contribution in [2.24, 2.45) is 0 Å². The second-order valence-corrected chi connectivity index (χ2v) is 4.82. The predicted molar refractivity (Wildman–Crippen MR) is 69.6 cm³/mol. The maximum atomic E-state index is 5.97. The van der Waals surface area contributed by atoms with Gasteiger partial charge in [-0.2, -0.15) is 0 Å². The van der Waals surface area contributed by atoms with Crippen LogP contribution in [-0.2, 0) is 0 Å². The van der Waals surface area contributed by atoms with Gasteiger partial charge in [0.2, 0.25) is 0 Å². The smallest absolute Gasteiger partial charge is 0.142 e. The zero-order valence-corrected chi connectivity index (χ0v) is 11.0. The standard InChI is InChI=1S/C12H19ClN2O/c1-12(2,8-14-3)15-10-7-9(13)5-6-11(10)16-4/h5-7,14-15H,8H2,1-4H3. The van der Waals surface area contributed by atoms with Gasteiger partial charge in [0, 0.05) is 17.1 Å². The minimum absolute atomic E-state index is 0.0628. The number of rotatable bonds is 5. The zero-order chi connectivity index (χ0) is 12.2. The van der Waals surface area contributed by atoms with Crippen molar-refractivity contribution in [2.45, 2.75) is 19.4 Å². The van der Waals surface area contributed by atoms with Gasteiger partial charge in [-0.3, -0.25) is 0 Å². The van der Waals surface area contributed by atoms with E-state index in [-0.39, 0.29) is 5.54 Å². The third-order valence-corrected chi connectivity index (χ3v) is 2.49. The maximum absolute atomic E-state index is 5.97. The van der Waals surface area contributed by atoms with E-state index in [0.29, 0.717) is 5.02 Å². The Bertz CT molecular complexity index is 353. The predicted octanol–water partition coefficient (Wildman–Crippen LogP) is 2.76. The van der Waals surface area contributed by atoms with Crippen molar-refractivity contribution < 1.29 is 4.74 Å². The number of nitrogens with one attached hydrogen (secondary N) is 2. The molecule has 0 atom stereocenters. The van der Waals surface area contributed by atoms with Gasteiger partial charge in [0.1, 0.15) is 5.75 Å². The van der Waals surface area contributed by atoms with E-state index in [1.54, 1.807) is 7.11 Å². The van der Waals surface area contributed by atoms with E-state index in [0.717, 1.165) is 18.0 Å². The molecule has 0 saturated carbocycles. The highest BCUT2D eigenvalue weighted by molar-refractivity contribution is 6.30. The highest BCUT2D eigenvalue weighted by Gasteiger charge is 2.18. The molecule has 1 rings (SSSR count). The molecule has 0 amide bonds. The van der Waals surface area contributed by atoms with Crippen LogP contribution in [0.15, 0.2) is 18.2 Å². The molecule has 0 bridgehead atoms. The fourth-order valence-corrected chi connectivity index (χ4v) is 1.80. The fourth-order valence-electron chi connectivity index (χ4n) is 1.63. The average Bonchev–Trinajstić information content (AvgIpc) is 2.17. The van der Waals surface area contributed by atoms with Gasteiger partial charge in [-0.1, -0.05) is 11.6 Å². The summed E-state index contributed by atoms with van der Waals surface area (Å²) < 4.78 is 5.28. The molecule has 0 aliphatic carbocycles. The van der Waals surface area contributed by atoms with Gasteiger partial charge in [0.15, 0.2) is 0 Å². The van der Waals surface area contributed by atoms with Crippen molar-refractivity contribution in [1.29, 1.82) is 0 Å². The van der Waals surface area contributed by atoms with Gasteiger partial charge in [0.05, 0.1) is 12.8 Å². The fraction of sp³-hybridized carbons (Fsp3) is 0.500. The molecular weight excluding hydrogens is 224 g/mol. The van der Waals surface area contributed by atoms with E-state index in [2.05, 4.69) is 24.5 Å². The van der Waals surface area contributed by atoms with Gasteiger partial charge < -0.3 is 15.4 Å². The van der Waals surface area contributed by atoms with Crippen LogP contribution >= 0.6 is 11.6 Å². The summed E-state index contributed by atoms with van der Waals surface area (Å²) >= 11 is 5.97. The quantitative estimate of drug-likeness (QED) is 0.833. The van der Waals surface area contributed by atoms with E-state index < -0.39 is 0 Å². The van der Waals surface area contributed by atoms with Crippen LogP contribution < -0.4 is 15.4 Å². The first-order valence-electron chi connectivity index (χ1n) is 5.25. The van der Waals surface area contributed by atoms with Crippen LogP contribution in [-0.4, -0.2) is 26.2 Å². The van der Waals surface area contributed by atoms with Crippen LogP contribution in [0.4, 0.5) is 5.69 Å². The number of halogens is 1. The third-order valence-electron chi connectivity index (χ3n) is 2.25. The molecule has 0 aliphatic rings. The summed E-state index contributed by atoms with van der Waals surface area (Å²) in [6.45, 7) is 5.08. The Balaban J connectivity index is 2.90. The summed E-state index contributed by atoms with van der Waals surface area (Å²) in [7, 11) is 3.58. The number of benzene rings is 1. The Morgan fingerprint density at radius 1 is 1.38 bits per heavy atom. The Labute approximate surface area is 102 Å². The average molecular weight is 243 g/mol. The van der Waals surface area contributed by atoms with E-state index in [9.17, 15) is 0 Å². The minimum Gasteiger partial charge on any atom is -0.495 e. The molecule has 90 valence electrons.